The van der Waals surface area contributed by atoms with Crippen molar-refractivity contribution in [3.8, 4) is 0 Å². The Morgan fingerprint density at radius 3 is 2.55 bits per heavy atom. The second-order valence-electron chi connectivity index (χ2n) is 5.74. The van der Waals surface area contributed by atoms with E-state index >= 15 is 0 Å². The minimum atomic E-state index is 0. The van der Waals surface area contributed by atoms with Crippen LogP contribution in [0.25, 0.3) is 0 Å². The number of rotatable bonds is 2. The van der Waals surface area contributed by atoms with Crippen molar-refractivity contribution in [2.75, 3.05) is 0 Å². The highest BCUT2D eigenvalue weighted by atomic mass is 127. The number of carbonyl (C=O) groups excluding carboxylic acids is 1. The van der Waals surface area contributed by atoms with Crippen LogP contribution in [0.5, 0.6) is 0 Å². The summed E-state index contributed by atoms with van der Waals surface area (Å²) in [6, 6.07) is 7.47. The number of carbonyl (C=O) groups is 1. The molecule has 1 amide bonds. The quantitative estimate of drug-likeness (QED) is 0.741. The molecule has 5 heteroatoms. The number of piperidine rings is 1. The monoisotopic (exact) mass is 406 g/mol. The topological polar surface area (TPSA) is 41.1 Å². The van der Waals surface area contributed by atoms with E-state index in [0.717, 1.165) is 22.0 Å². The second-order valence-corrected chi connectivity index (χ2v) is 6.91. The largest absolute Gasteiger partial charge is 0.349 e. The number of nitrogens with one attached hydrogen (secondary N) is 2. The van der Waals surface area contributed by atoms with E-state index in [9.17, 15) is 4.79 Å². The molecule has 110 valence electrons. The van der Waals surface area contributed by atoms with Gasteiger partial charge in [0, 0.05) is 27.3 Å². The van der Waals surface area contributed by atoms with Crippen LogP contribution in [0.2, 0.25) is 0 Å². The van der Waals surface area contributed by atoms with Crippen molar-refractivity contribution < 1.29 is 4.79 Å². The molecule has 1 aromatic carbocycles. The molecule has 2 N–H and O–H groups in total. The highest BCUT2D eigenvalue weighted by Gasteiger charge is 2.34. The molecule has 3 rings (SSSR count). The van der Waals surface area contributed by atoms with Gasteiger partial charge in [0.2, 0.25) is 0 Å². The lowest BCUT2D eigenvalue weighted by atomic mass is 9.99. The minimum absolute atomic E-state index is 0. The Morgan fingerprint density at radius 1 is 1.30 bits per heavy atom. The van der Waals surface area contributed by atoms with Gasteiger partial charge in [-0.25, -0.2) is 0 Å². The summed E-state index contributed by atoms with van der Waals surface area (Å²) in [6.45, 7) is 2.06. The molecule has 2 heterocycles. The van der Waals surface area contributed by atoms with Crippen molar-refractivity contribution in [2.24, 2.45) is 0 Å². The van der Waals surface area contributed by atoms with E-state index in [2.05, 4.69) is 40.1 Å². The van der Waals surface area contributed by atoms with Crippen LogP contribution in [-0.2, 0) is 0 Å². The molecule has 0 spiro atoms. The van der Waals surface area contributed by atoms with E-state index in [-0.39, 0.29) is 18.3 Å². The van der Waals surface area contributed by atoms with E-state index in [4.69, 9.17) is 0 Å². The average Bonchev–Trinajstić information content (AvgIpc) is 2.72. The molecule has 3 nitrogen and oxygen atoms in total. The second kappa shape index (κ2) is 6.62. The van der Waals surface area contributed by atoms with E-state index in [0.29, 0.717) is 18.1 Å². The summed E-state index contributed by atoms with van der Waals surface area (Å²) in [5.41, 5.74) is 2.00. The third kappa shape index (κ3) is 3.46. The molecular weight excluding hydrogens is 387 g/mol. The van der Waals surface area contributed by atoms with Gasteiger partial charge in [0.25, 0.3) is 5.91 Å². The maximum Gasteiger partial charge on any atom is 0.251 e. The molecule has 1 aromatic rings. The molecule has 0 aliphatic carbocycles. The molecule has 2 aliphatic heterocycles. The molecule has 2 atom stereocenters. The van der Waals surface area contributed by atoms with Crippen LogP contribution in [0.1, 0.15) is 41.6 Å². The average molecular weight is 407 g/mol. The zero-order valence-electron chi connectivity index (χ0n) is 11.5. The van der Waals surface area contributed by atoms with Crippen LogP contribution in [0.4, 0.5) is 0 Å². The lowest BCUT2D eigenvalue weighted by molar-refractivity contribution is 0.0924. The molecule has 2 saturated heterocycles. The molecule has 2 fully saturated rings. The SMILES string of the molecule is Cc1ccc(C(=O)NC2CC3CCC(C2)N3)cc1I.Cl. The third-order valence-electron chi connectivity index (χ3n) is 4.24. The summed E-state index contributed by atoms with van der Waals surface area (Å²) in [6.07, 6.45) is 4.68. The molecule has 20 heavy (non-hydrogen) atoms. The van der Waals surface area contributed by atoms with Gasteiger partial charge in [-0.05, 0) is 72.9 Å². The molecule has 0 aromatic heterocycles. The standard InChI is InChI=1S/C15H19IN2O.ClH/c1-9-2-3-10(6-14(9)16)15(19)18-13-7-11-4-5-12(8-13)17-11;/h2-3,6,11-13,17H,4-5,7-8H2,1H3,(H,18,19);1H. The van der Waals surface area contributed by atoms with Crippen LogP contribution in [-0.4, -0.2) is 24.0 Å². The van der Waals surface area contributed by atoms with Crippen LogP contribution in [0.15, 0.2) is 18.2 Å². The van der Waals surface area contributed by atoms with E-state index in [1.807, 2.05) is 18.2 Å². The van der Waals surface area contributed by atoms with Gasteiger partial charge in [0.05, 0.1) is 0 Å². The number of fused-ring (bicyclic) bond motifs is 2. The van der Waals surface area contributed by atoms with Crippen molar-refractivity contribution in [3.05, 3.63) is 32.9 Å². The molecule has 2 bridgehead atoms. The summed E-state index contributed by atoms with van der Waals surface area (Å²) in [5.74, 6) is 0.0733. The Labute approximate surface area is 139 Å². The predicted octanol–water partition coefficient (Wildman–Crippen LogP) is 3.03. The first-order valence-corrected chi connectivity index (χ1v) is 8.03. The normalized spacial score (nSPS) is 27.8. The zero-order chi connectivity index (χ0) is 13.4. The number of amides is 1. The van der Waals surface area contributed by atoms with E-state index < -0.39 is 0 Å². The van der Waals surface area contributed by atoms with E-state index in [1.54, 1.807) is 0 Å². The first kappa shape index (κ1) is 16.0. The highest BCUT2D eigenvalue weighted by molar-refractivity contribution is 14.1. The van der Waals surface area contributed by atoms with Gasteiger partial charge in [-0.1, -0.05) is 6.07 Å². The minimum Gasteiger partial charge on any atom is -0.349 e. The van der Waals surface area contributed by atoms with Gasteiger partial charge in [-0.2, -0.15) is 0 Å². The molecule has 0 saturated carbocycles. The number of aryl methyl sites for hydroxylation is 1. The smallest absolute Gasteiger partial charge is 0.251 e. The van der Waals surface area contributed by atoms with Gasteiger partial charge in [-0.3, -0.25) is 4.79 Å². The molecule has 2 unspecified atom stereocenters. The summed E-state index contributed by atoms with van der Waals surface area (Å²) < 4.78 is 1.15. The molecule has 0 radical (unpaired) electrons. The van der Waals surface area contributed by atoms with Crippen LogP contribution in [0.3, 0.4) is 0 Å². The first-order chi connectivity index (χ1) is 9.11. The fourth-order valence-electron chi connectivity index (χ4n) is 3.18. The predicted molar refractivity (Wildman–Crippen MR) is 91.6 cm³/mol. The Kier molecular flexibility index (Phi) is 5.31. The van der Waals surface area contributed by atoms with Crippen LogP contribution < -0.4 is 10.6 Å². The summed E-state index contributed by atoms with van der Waals surface area (Å²) in [7, 11) is 0. The van der Waals surface area contributed by atoms with Crippen LogP contribution in [0, 0.1) is 10.5 Å². The van der Waals surface area contributed by atoms with E-state index in [1.165, 1.54) is 18.4 Å². The van der Waals surface area contributed by atoms with Gasteiger partial charge in [0.1, 0.15) is 0 Å². The summed E-state index contributed by atoms with van der Waals surface area (Å²) in [5, 5.41) is 6.80. The maximum atomic E-state index is 12.3. The maximum absolute atomic E-state index is 12.3. The fourth-order valence-corrected chi connectivity index (χ4v) is 3.69. The number of benzene rings is 1. The van der Waals surface area contributed by atoms with Crippen molar-refractivity contribution in [3.63, 3.8) is 0 Å². The Balaban J connectivity index is 0.00000147. The number of halogens is 2. The molecule has 2 aliphatic rings. The Hall–Kier alpha value is -0.330. The first-order valence-electron chi connectivity index (χ1n) is 6.95. The van der Waals surface area contributed by atoms with Gasteiger partial charge < -0.3 is 10.6 Å². The Bertz CT molecular complexity index is 497. The van der Waals surface area contributed by atoms with Gasteiger partial charge >= 0.3 is 0 Å². The van der Waals surface area contributed by atoms with Crippen molar-refractivity contribution in [2.45, 2.75) is 50.7 Å². The van der Waals surface area contributed by atoms with Gasteiger partial charge in [0.15, 0.2) is 0 Å². The fraction of sp³-hybridized carbons (Fsp3) is 0.533. The van der Waals surface area contributed by atoms with Gasteiger partial charge in [-0.15, -0.1) is 12.4 Å². The number of hydrogen-bond donors (Lipinski definition) is 2. The van der Waals surface area contributed by atoms with Crippen LogP contribution >= 0.6 is 35.0 Å². The van der Waals surface area contributed by atoms with Crippen molar-refractivity contribution >= 4 is 40.9 Å². The zero-order valence-corrected chi connectivity index (χ0v) is 14.5. The molecular formula is C15H20ClIN2O. The number of hydrogen-bond acceptors (Lipinski definition) is 2. The highest BCUT2D eigenvalue weighted by Crippen LogP contribution is 2.27. The lowest BCUT2D eigenvalue weighted by Crippen LogP contribution is -2.48. The van der Waals surface area contributed by atoms with Crippen molar-refractivity contribution in [1.82, 2.24) is 10.6 Å². The van der Waals surface area contributed by atoms with Crippen molar-refractivity contribution in [1.29, 1.82) is 0 Å². The lowest BCUT2D eigenvalue weighted by Gasteiger charge is -2.29. The summed E-state index contributed by atoms with van der Waals surface area (Å²) >= 11 is 2.28. The Morgan fingerprint density at radius 2 is 1.95 bits per heavy atom. The summed E-state index contributed by atoms with van der Waals surface area (Å²) in [4.78, 5) is 12.3. The third-order valence-corrected chi connectivity index (χ3v) is 5.40.